The van der Waals surface area contributed by atoms with Crippen molar-refractivity contribution in [1.82, 2.24) is 0 Å². The Bertz CT molecular complexity index is 682. The molecule has 0 aliphatic rings. The minimum absolute atomic E-state index is 0.993. The van der Waals surface area contributed by atoms with Crippen molar-refractivity contribution in [1.29, 1.82) is 0 Å². The van der Waals surface area contributed by atoms with E-state index in [-0.39, 0.29) is 0 Å². The lowest BCUT2D eigenvalue weighted by Crippen LogP contribution is -2.02. The maximum Gasteiger partial charge on any atom is 0.00173 e. The van der Waals surface area contributed by atoms with Gasteiger partial charge in [-0.15, -0.1) is 10.0 Å². The van der Waals surface area contributed by atoms with E-state index in [0.29, 0.717) is 0 Å². The predicted molar refractivity (Wildman–Crippen MR) is 110 cm³/mol. The smallest absolute Gasteiger partial charge is 0.00173 e. The van der Waals surface area contributed by atoms with Crippen LogP contribution in [0.4, 0.5) is 0 Å². The third-order valence-electron chi connectivity index (χ3n) is 3.79. The molecule has 0 unspecified atom stereocenters. The summed E-state index contributed by atoms with van der Waals surface area (Å²) >= 11 is 0. The monoisotopic (exact) mass is 334 g/mol. The molecule has 2 aromatic carbocycles. The fraction of sp³-hybridized carbons (Fsp3) is 0.130. The van der Waals surface area contributed by atoms with Crippen LogP contribution in [0.25, 0.3) is 0 Å². The van der Waals surface area contributed by atoms with Gasteiger partial charge in [0.1, 0.15) is 0 Å². The zero-order chi connectivity index (χ0) is 17.3. The lowest BCUT2D eigenvalue weighted by Gasteiger charge is -2.39. The second-order valence-electron chi connectivity index (χ2n) is 5.36. The van der Waals surface area contributed by atoms with Gasteiger partial charge in [0.05, 0.1) is 0 Å². The van der Waals surface area contributed by atoms with E-state index < -0.39 is 10.0 Å². The average Bonchev–Trinajstić information content (AvgIpc) is 2.65. The van der Waals surface area contributed by atoms with Crippen molar-refractivity contribution in [3.05, 3.63) is 108 Å². The molecule has 0 bridgehead atoms. The summed E-state index contributed by atoms with van der Waals surface area (Å²) in [6.45, 7) is 8.35. The lowest BCUT2D eigenvalue weighted by atomic mass is 10.4. The van der Waals surface area contributed by atoms with Gasteiger partial charge in [-0.1, -0.05) is 80.3 Å². The van der Waals surface area contributed by atoms with Crippen molar-refractivity contribution in [2.45, 2.75) is 30.1 Å². The van der Waals surface area contributed by atoms with Gasteiger partial charge in [0, 0.05) is 9.79 Å². The molecule has 24 heavy (non-hydrogen) atoms. The lowest BCUT2D eigenvalue weighted by molar-refractivity contribution is 1.22. The van der Waals surface area contributed by atoms with Gasteiger partial charge in [0.25, 0.3) is 0 Å². The Hall–Kier alpha value is -2.25. The summed E-state index contributed by atoms with van der Waals surface area (Å²) in [6, 6.07) is 21.6. The number of hydrogen-bond donors (Lipinski definition) is 0. The Morgan fingerprint density at radius 3 is 1.88 bits per heavy atom. The molecule has 0 heterocycles. The molecule has 0 saturated carbocycles. The molecule has 0 nitrogen and oxygen atoms in total. The molecule has 0 saturated heterocycles. The number of allylic oxidation sites excluding steroid dienone is 5. The van der Waals surface area contributed by atoms with Crippen LogP contribution in [0.3, 0.4) is 0 Å². The molecular weight excluding hydrogens is 308 g/mol. The first-order chi connectivity index (χ1) is 11.8. The fourth-order valence-corrected chi connectivity index (χ4v) is 6.22. The maximum absolute atomic E-state index is 4.13. The quantitative estimate of drug-likeness (QED) is 0.460. The minimum Gasteiger partial charge on any atom is -0.140 e. The zero-order valence-corrected chi connectivity index (χ0v) is 15.4. The molecule has 0 aromatic heterocycles. The van der Waals surface area contributed by atoms with E-state index in [2.05, 4.69) is 104 Å². The van der Waals surface area contributed by atoms with E-state index >= 15 is 0 Å². The fourth-order valence-electron chi connectivity index (χ4n) is 2.74. The van der Waals surface area contributed by atoms with Crippen LogP contribution in [0.5, 0.6) is 0 Å². The van der Waals surface area contributed by atoms with Gasteiger partial charge in [0.15, 0.2) is 0 Å². The topological polar surface area (TPSA) is 0 Å². The van der Waals surface area contributed by atoms with E-state index in [1.54, 1.807) is 0 Å². The molecule has 0 aliphatic carbocycles. The maximum atomic E-state index is 4.13. The molecule has 2 rings (SSSR count). The summed E-state index contributed by atoms with van der Waals surface area (Å²) < 4.78 is 0. The second kappa shape index (κ2) is 9.14. The first kappa shape index (κ1) is 18.1. The summed E-state index contributed by atoms with van der Waals surface area (Å²) in [4.78, 5) is 3.95. The van der Waals surface area contributed by atoms with E-state index in [1.165, 1.54) is 14.7 Å². The van der Waals surface area contributed by atoms with E-state index in [0.717, 1.165) is 6.42 Å². The van der Waals surface area contributed by atoms with Crippen LogP contribution < -0.4 is 0 Å². The van der Waals surface area contributed by atoms with E-state index in [4.69, 9.17) is 0 Å². The van der Waals surface area contributed by atoms with Gasteiger partial charge in [-0.25, -0.2) is 0 Å². The third-order valence-corrected chi connectivity index (χ3v) is 7.47. The van der Waals surface area contributed by atoms with Crippen LogP contribution in [0.15, 0.2) is 118 Å². The largest absolute Gasteiger partial charge is 0.140 e. The van der Waals surface area contributed by atoms with E-state index in [9.17, 15) is 0 Å². The van der Waals surface area contributed by atoms with Gasteiger partial charge in [0.2, 0.25) is 0 Å². The molecular formula is C23H26S. The van der Waals surface area contributed by atoms with Gasteiger partial charge < -0.3 is 0 Å². The van der Waals surface area contributed by atoms with Crippen LogP contribution in [0, 0.1) is 0 Å². The Morgan fingerprint density at radius 1 is 0.917 bits per heavy atom. The average molecular weight is 335 g/mol. The predicted octanol–water partition coefficient (Wildman–Crippen LogP) is 7.48. The molecule has 0 N–H and O–H groups in total. The summed E-state index contributed by atoms with van der Waals surface area (Å²) in [5, 5.41) is 2.36. The van der Waals surface area contributed by atoms with Crippen LogP contribution in [-0.2, 0) is 0 Å². The number of rotatable bonds is 7. The van der Waals surface area contributed by atoms with Gasteiger partial charge >= 0.3 is 0 Å². The Balaban J connectivity index is 2.82. The molecule has 124 valence electrons. The zero-order valence-electron chi connectivity index (χ0n) is 14.6. The molecule has 0 amide bonds. The van der Waals surface area contributed by atoms with Crippen LogP contribution >= 0.6 is 10.0 Å². The summed E-state index contributed by atoms with van der Waals surface area (Å²) in [7, 11) is -1.47. The molecule has 1 heteroatoms. The highest BCUT2D eigenvalue weighted by Gasteiger charge is 2.28. The van der Waals surface area contributed by atoms with E-state index in [1.807, 2.05) is 13.0 Å². The molecule has 0 atom stereocenters. The van der Waals surface area contributed by atoms with Crippen molar-refractivity contribution in [2.75, 3.05) is 0 Å². The van der Waals surface area contributed by atoms with Gasteiger partial charge in [-0.3, -0.25) is 0 Å². The number of benzene rings is 2. The molecule has 0 fully saturated rings. The molecule has 0 aliphatic heterocycles. The Kier molecular flexibility index (Phi) is 6.89. The standard InChI is InChI=1S/C23H26S/c1-4-7-14-20-24(21(6-3)15-5-2,22-16-10-8-11-17-22)23-18-12-9-13-19-23/h4,6-20H,3,5H2,1-2H3/b7-4-,20-14-,21-15+. The van der Waals surface area contributed by atoms with Crippen molar-refractivity contribution in [3.63, 3.8) is 0 Å². The second-order valence-corrected chi connectivity index (χ2v) is 8.36. The van der Waals surface area contributed by atoms with Crippen molar-refractivity contribution in [2.24, 2.45) is 0 Å². The van der Waals surface area contributed by atoms with Gasteiger partial charge in [-0.05, 0) is 47.9 Å². The van der Waals surface area contributed by atoms with Crippen LogP contribution in [0.1, 0.15) is 20.3 Å². The van der Waals surface area contributed by atoms with Crippen molar-refractivity contribution >= 4 is 10.0 Å². The Morgan fingerprint density at radius 2 is 1.46 bits per heavy atom. The third kappa shape index (κ3) is 3.80. The molecule has 0 spiro atoms. The van der Waals surface area contributed by atoms with Crippen LogP contribution in [-0.4, -0.2) is 0 Å². The van der Waals surface area contributed by atoms with Crippen LogP contribution in [0.2, 0.25) is 0 Å². The summed E-state index contributed by atoms with van der Waals surface area (Å²) in [6.07, 6.45) is 11.7. The van der Waals surface area contributed by atoms with Crippen molar-refractivity contribution < 1.29 is 0 Å². The molecule has 2 aromatic rings. The SMILES string of the molecule is C=C/C(=C\CC)S(/C=C\C=C/C)(c1ccccc1)c1ccccc1. The van der Waals surface area contributed by atoms with Gasteiger partial charge in [-0.2, -0.15) is 0 Å². The normalized spacial score (nSPS) is 13.5. The Labute approximate surface area is 148 Å². The summed E-state index contributed by atoms with van der Waals surface area (Å²) in [5.74, 6) is 0. The molecule has 0 radical (unpaired) electrons. The minimum atomic E-state index is -1.47. The highest BCUT2D eigenvalue weighted by atomic mass is 32.3. The first-order valence-corrected chi connectivity index (χ1v) is 10.0. The van der Waals surface area contributed by atoms with Crippen molar-refractivity contribution in [3.8, 4) is 0 Å². The summed E-state index contributed by atoms with van der Waals surface area (Å²) in [5.41, 5.74) is 0. The first-order valence-electron chi connectivity index (χ1n) is 8.35. The highest BCUT2D eigenvalue weighted by molar-refractivity contribution is 8.39. The number of hydrogen-bond acceptors (Lipinski definition) is 0. The highest BCUT2D eigenvalue weighted by Crippen LogP contribution is 2.69.